The molecule has 0 spiro atoms. The van der Waals surface area contributed by atoms with E-state index in [0.29, 0.717) is 5.92 Å². The van der Waals surface area contributed by atoms with Gasteiger partial charge in [0.25, 0.3) is 0 Å². The number of unbranched alkanes of at least 4 members (excludes halogenated alkanes) is 2. The Labute approximate surface area is 130 Å². The van der Waals surface area contributed by atoms with Gasteiger partial charge in [0.05, 0.1) is 0 Å². The Bertz CT molecular complexity index is 429. The van der Waals surface area contributed by atoms with E-state index in [2.05, 4.69) is 51.9 Å². The highest BCUT2D eigenvalue weighted by Crippen LogP contribution is 2.25. The minimum Gasteiger partial charge on any atom is -0.370 e. The van der Waals surface area contributed by atoms with Crippen molar-refractivity contribution in [3.63, 3.8) is 0 Å². The maximum atomic E-state index is 4.79. The fraction of sp³-hybridized carbons (Fsp3) is 0.765. The Morgan fingerprint density at radius 2 is 1.81 bits per heavy atom. The summed E-state index contributed by atoms with van der Waals surface area (Å²) in [6.45, 7) is 12.8. The molecule has 0 bridgehead atoms. The van der Waals surface area contributed by atoms with Crippen LogP contribution in [0, 0.1) is 6.92 Å². The molecule has 0 amide bonds. The summed E-state index contributed by atoms with van der Waals surface area (Å²) in [5, 5.41) is 3.44. The lowest BCUT2D eigenvalue weighted by Gasteiger charge is -2.23. The van der Waals surface area contributed by atoms with Crippen LogP contribution in [0.25, 0.3) is 0 Å². The first kappa shape index (κ1) is 17.7. The lowest BCUT2D eigenvalue weighted by molar-refractivity contribution is 0.693. The van der Waals surface area contributed by atoms with Crippen molar-refractivity contribution in [2.75, 3.05) is 30.4 Å². The summed E-state index contributed by atoms with van der Waals surface area (Å²) in [7, 11) is 2.14. The summed E-state index contributed by atoms with van der Waals surface area (Å²) in [4.78, 5) is 11.8. The molecule has 1 N–H and O–H groups in total. The zero-order chi connectivity index (χ0) is 15.8. The van der Waals surface area contributed by atoms with Gasteiger partial charge in [0, 0.05) is 31.6 Å². The largest absolute Gasteiger partial charge is 0.370 e. The van der Waals surface area contributed by atoms with Gasteiger partial charge >= 0.3 is 0 Å². The van der Waals surface area contributed by atoms with Crippen LogP contribution in [0.4, 0.5) is 11.6 Å². The van der Waals surface area contributed by atoms with Crippen LogP contribution in [0.3, 0.4) is 0 Å². The van der Waals surface area contributed by atoms with Gasteiger partial charge in [0.15, 0.2) is 0 Å². The van der Waals surface area contributed by atoms with Gasteiger partial charge in [-0.15, -0.1) is 0 Å². The van der Waals surface area contributed by atoms with E-state index in [0.717, 1.165) is 42.5 Å². The Balaban J connectivity index is 3.01. The third kappa shape index (κ3) is 5.18. The average molecular weight is 292 g/mol. The Morgan fingerprint density at radius 1 is 1.10 bits per heavy atom. The third-order valence-electron chi connectivity index (χ3n) is 3.65. The number of nitrogens with zero attached hydrogens (tertiary/aromatic N) is 3. The first-order valence-corrected chi connectivity index (χ1v) is 8.34. The van der Waals surface area contributed by atoms with E-state index in [1.807, 2.05) is 0 Å². The molecule has 0 fully saturated rings. The second-order valence-electron chi connectivity index (χ2n) is 6.09. The lowest BCUT2D eigenvalue weighted by atomic mass is 10.2. The molecule has 120 valence electrons. The van der Waals surface area contributed by atoms with Gasteiger partial charge in [-0.1, -0.05) is 40.5 Å². The molecule has 1 heterocycles. The highest BCUT2D eigenvalue weighted by molar-refractivity contribution is 5.58. The average Bonchev–Trinajstić information content (AvgIpc) is 2.46. The van der Waals surface area contributed by atoms with Crippen LogP contribution in [-0.4, -0.2) is 30.1 Å². The molecule has 0 unspecified atom stereocenters. The van der Waals surface area contributed by atoms with Crippen molar-refractivity contribution in [1.82, 2.24) is 9.97 Å². The molecule has 21 heavy (non-hydrogen) atoms. The first-order valence-electron chi connectivity index (χ1n) is 8.34. The molecule has 0 aliphatic rings. The predicted octanol–water partition coefficient (Wildman–Crippen LogP) is 4.36. The molecule has 0 aliphatic carbocycles. The van der Waals surface area contributed by atoms with E-state index in [-0.39, 0.29) is 0 Å². The summed E-state index contributed by atoms with van der Waals surface area (Å²) in [5.74, 6) is 3.34. The summed E-state index contributed by atoms with van der Waals surface area (Å²) < 4.78 is 0. The van der Waals surface area contributed by atoms with Gasteiger partial charge < -0.3 is 10.2 Å². The number of hydrogen-bond acceptors (Lipinski definition) is 4. The van der Waals surface area contributed by atoms with Gasteiger partial charge in [-0.05, 0) is 19.8 Å². The predicted molar refractivity (Wildman–Crippen MR) is 92.4 cm³/mol. The standard InChI is InChI=1S/C17H32N4/c1-7-9-10-12-21(6)17-14(5)16(18-11-8-2)19-15(20-17)13(3)4/h13H,7-12H2,1-6H3,(H,18,19,20). The third-order valence-corrected chi connectivity index (χ3v) is 3.65. The fourth-order valence-corrected chi connectivity index (χ4v) is 2.27. The molecule has 0 saturated carbocycles. The quantitative estimate of drug-likeness (QED) is 0.687. The number of anilines is 2. The Morgan fingerprint density at radius 3 is 2.38 bits per heavy atom. The Hall–Kier alpha value is -1.32. The molecule has 0 saturated heterocycles. The number of rotatable bonds is 9. The van der Waals surface area contributed by atoms with Crippen LogP contribution >= 0.6 is 0 Å². The van der Waals surface area contributed by atoms with E-state index in [1.54, 1.807) is 0 Å². The molecule has 0 aliphatic heterocycles. The summed E-state index contributed by atoms with van der Waals surface area (Å²) in [6.07, 6.45) is 4.83. The lowest BCUT2D eigenvalue weighted by Crippen LogP contribution is -2.23. The topological polar surface area (TPSA) is 41.1 Å². The van der Waals surface area contributed by atoms with Crippen LogP contribution in [0.5, 0.6) is 0 Å². The molecule has 4 nitrogen and oxygen atoms in total. The second kappa shape index (κ2) is 8.85. The van der Waals surface area contributed by atoms with Gasteiger partial charge in [-0.3, -0.25) is 0 Å². The van der Waals surface area contributed by atoms with E-state index >= 15 is 0 Å². The number of hydrogen-bond donors (Lipinski definition) is 1. The highest BCUT2D eigenvalue weighted by Gasteiger charge is 2.15. The molecule has 0 atom stereocenters. The molecule has 0 radical (unpaired) electrons. The molecular formula is C17H32N4. The van der Waals surface area contributed by atoms with Crippen molar-refractivity contribution in [2.45, 2.75) is 66.2 Å². The van der Waals surface area contributed by atoms with Crippen molar-refractivity contribution in [3.05, 3.63) is 11.4 Å². The maximum absolute atomic E-state index is 4.79. The summed E-state index contributed by atoms with van der Waals surface area (Å²) in [6, 6.07) is 0. The van der Waals surface area contributed by atoms with Crippen LogP contribution in [0.15, 0.2) is 0 Å². The zero-order valence-corrected chi connectivity index (χ0v) is 14.7. The van der Waals surface area contributed by atoms with E-state index in [1.165, 1.54) is 19.3 Å². The first-order chi connectivity index (χ1) is 10.0. The van der Waals surface area contributed by atoms with Gasteiger partial charge in [0.2, 0.25) is 0 Å². The minimum atomic E-state index is 0.343. The fourth-order valence-electron chi connectivity index (χ4n) is 2.27. The van der Waals surface area contributed by atoms with E-state index < -0.39 is 0 Å². The van der Waals surface area contributed by atoms with Gasteiger partial charge in [-0.2, -0.15) is 0 Å². The van der Waals surface area contributed by atoms with E-state index in [9.17, 15) is 0 Å². The maximum Gasteiger partial charge on any atom is 0.137 e. The molecule has 0 aromatic carbocycles. The smallest absolute Gasteiger partial charge is 0.137 e. The van der Waals surface area contributed by atoms with Crippen LogP contribution in [-0.2, 0) is 0 Å². The normalized spacial score (nSPS) is 11.0. The number of nitrogens with one attached hydrogen (secondary N) is 1. The molecular weight excluding hydrogens is 260 g/mol. The van der Waals surface area contributed by atoms with E-state index in [4.69, 9.17) is 9.97 Å². The van der Waals surface area contributed by atoms with Gasteiger partial charge in [-0.25, -0.2) is 9.97 Å². The van der Waals surface area contributed by atoms with Gasteiger partial charge in [0.1, 0.15) is 17.5 Å². The van der Waals surface area contributed by atoms with Crippen molar-refractivity contribution in [2.24, 2.45) is 0 Å². The highest BCUT2D eigenvalue weighted by atomic mass is 15.2. The second-order valence-corrected chi connectivity index (χ2v) is 6.09. The molecule has 1 aromatic rings. The van der Waals surface area contributed by atoms with Crippen LogP contribution in [0.1, 0.15) is 70.7 Å². The molecule has 1 aromatic heterocycles. The van der Waals surface area contributed by atoms with Crippen molar-refractivity contribution in [3.8, 4) is 0 Å². The van der Waals surface area contributed by atoms with Crippen molar-refractivity contribution in [1.29, 1.82) is 0 Å². The number of aromatic nitrogens is 2. The van der Waals surface area contributed by atoms with Crippen molar-refractivity contribution < 1.29 is 0 Å². The Kier molecular flexibility index (Phi) is 7.48. The molecule has 4 heteroatoms. The SMILES string of the molecule is CCCCCN(C)c1nc(C(C)C)nc(NCCC)c1C. The summed E-state index contributed by atoms with van der Waals surface area (Å²) >= 11 is 0. The van der Waals surface area contributed by atoms with Crippen molar-refractivity contribution >= 4 is 11.6 Å². The van der Waals surface area contributed by atoms with Crippen LogP contribution in [0.2, 0.25) is 0 Å². The molecule has 1 rings (SSSR count). The zero-order valence-electron chi connectivity index (χ0n) is 14.7. The monoisotopic (exact) mass is 292 g/mol. The summed E-state index contributed by atoms with van der Waals surface area (Å²) in [5.41, 5.74) is 1.16. The minimum absolute atomic E-state index is 0.343. The van der Waals surface area contributed by atoms with Crippen LogP contribution < -0.4 is 10.2 Å².